The van der Waals surface area contributed by atoms with E-state index in [9.17, 15) is 4.79 Å². The summed E-state index contributed by atoms with van der Waals surface area (Å²) in [6.07, 6.45) is 5.11. The van der Waals surface area contributed by atoms with Crippen LogP contribution in [0.4, 0.5) is 11.4 Å². The Labute approximate surface area is 156 Å². The molecule has 3 aromatic rings. The lowest BCUT2D eigenvalue weighted by molar-refractivity contribution is -0.0366. The maximum Gasteiger partial charge on any atom is 0.161 e. The SMILES string of the molecule is CC(=O)c1cc(Nc2ccc3cnn(C4CCCCO4)c3c2)ccc1Cl. The normalized spacial score (nSPS) is 17.4. The molecule has 4 rings (SSSR count). The van der Waals surface area contributed by atoms with Gasteiger partial charge in [-0.25, -0.2) is 4.68 Å². The van der Waals surface area contributed by atoms with Crippen LogP contribution in [0.1, 0.15) is 42.8 Å². The Morgan fingerprint density at radius 3 is 2.81 bits per heavy atom. The second-order valence-corrected chi connectivity index (χ2v) is 6.97. The second-order valence-electron chi connectivity index (χ2n) is 6.56. The zero-order valence-corrected chi connectivity index (χ0v) is 15.3. The maximum absolute atomic E-state index is 11.7. The number of halogens is 1. The van der Waals surface area contributed by atoms with Crippen molar-refractivity contribution in [1.82, 2.24) is 9.78 Å². The zero-order chi connectivity index (χ0) is 18.1. The maximum atomic E-state index is 11.7. The summed E-state index contributed by atoms with van der Waals surface area (Å²) in [6, 6.07) is 11.5. The summed E-state index contributed by atoms with van der Waals surface area (Å²) in [4.78, 5) is 11.7. The molecule has 5 nitrogen and oxygen atoms in total. The molecule has 134 valence electrons. The van der Waals surface area contributed by atoms with Gasteiger partial charge in [-0.2, -0.15) is 5.10 Å². The van der Waals surface area contributed by atoms with Gasteiger partial charge >= 0.3 is 0 Å². The standard InChI is InChI=1S/C20H20ClN3O2/c1-13(25)17-10-15(7-8-18(17)21)23-16-6-5-14-12-22-24(19(14)11-16)20-4-2-3-9-26-20/h5-8,10-12,20,23H,2-4,9H2,1H3. The van der Waals surface area contributed by atoms with Crippen molar-refractivity contribution in [2.24, 2.45) is 0 Å². The molecule has 1 saturated heterocycles. The van der Waals surface area contributed by atoms with Crippen LogP contribution in [0.5, 0.6) is 0 Å². The summed E-state index contributed by atoms with van der Waals surface area (Å²) in [5, 5.41) is 9.40. The highest BCUT2D eigenvalue weighted by Gasteiger charge is 2.18. The predicted molar refractivity (Wildman–Crippen MR) is 103 cm³/mol. The number of hydrogen-bond acceptors (Lipinski definition) is 4. The molecule has 0 saturated carbocycles. The van der Waals surface area contributed by atoms with Gasteiger partial charge in [0.05, 0.1) is 16.7 Å². The monoisotopic (exact) mass is 369 g/mol. The number of nitrogens with one attached hydrogen (secondary N) is 1. The molecule has 0 aliphatic carbocycles. The molecule has 1 fully saturated rings. The predicted octanol–water partition coefficient (Wildman–Crippen LogP) is 5.34. The summed E-state index contributed by atoms with van der Waals surface area (Å²) in [5.41, 5.74) is 3.28. The van der Waals surface area contributed by atoms with E-state index in [4.69, 9.17) is 16.3 Å². The Bertz CT molecular complexity index is 961. The van der Waals surface area contributed by atoms with E-state index in [-0.39, 0.29) is 12.0 Å². The van der Waals surface area contributed by atoms with Crippen LogP contribution < -0.4 is 5.32 Å². The van der Waals surface area contributed by atoms with Crippen LogP contribution in [0.25, 0.3) is 10.9 Å². The van der Waals surface area contributed by atoms with Crippen LogP contribution in [-0.2, 0) is 4.74 Å². The van der Waals surface area contributed by atoms with Crippen molar-refractivity contribution in [2.75, 3.05) is 11.9 Å². The quantitative estimate of drug-likeness (QED) is 0.631. The van der Waals surface area contributed by atoms with Gasteiger partial charge in [0.15, 0.2) is 12.0 Å². The number of benzene rings is 2. The van der Waals surface area contributed by atoms with Gasteiger partial charge in [-0.05, 0) is 62.6 Å². The molecule has 0 spiro atoms. The lowest BCUT2D eigenvalue weighted by Gasteiger charge is -2.23. The van der Waals surface area contributed by atoms with Crippen LogP contribution in [0.15, 0.2) is 42.6 Å². The number of anilines is 2. The van der Waals surface area contributed by atoms with Crippen LogP contribution in [-0.4, -0.2) is 22.2 Å². The number of fused-ring (bicyclic) bond motifs is 1. The van der Waals surface area contributed by atoms with Crippen LogP contribution in [0, 0.1) is 0 Å². The molecule has 6 heteroatoms. The Kier molecular flexibility index (Phi) is 4.66. The van der Waals surface area contributed by atoms with Gasteiger partial charge in [-0.15, -0.1) is 0 Å². The Hall–Kier alpha value is -2.37. The minimum absolute atomic E-state index is 0.00338. The lowest BCUT2D eigenvalue weighted by atomic mass is 10.1. The van der Waals surface area contributed by atoms with E-state index >= 15 is 0 Å². The molecule has 0 radical (unpaired) electrons. The van der Waals surface area contributed by atoms with Gasteiger partial charge in [0.1, 0.15) is 0 Å². The number of carbonyl (C=O) groups excluding carboxylic acids is 1. The Morgan fingerprint density at radius 2 is 2.04 bits per heavy atom. The minimum atomic E-state index is -0.0541. The first-order valence-corrected chi connectivity index (χ1v) is 9.16. The topological polar surface area (TPSA) is 56.2 Å². The van der Waals surface area contributed by atoms with Crippen molar-refractivity contribution in [3.63, 3.8) is 0 Å². The summed E-state index contributed by atoms with van der Waals surface area (Å²) in [7, 11) is 0. The molecule has 0 amide bonds. The summed E-state index contributed by atoms with van der Waals surface area (Å²) >= 11 is 6.09. The second kappa shape index (κ2) is 7.09. The van der Waals surface area contributed by atoms with E-state index in [1.54, 1.807) is 12.1 Å². The zero-order valence-electron chi connectivity index (χ0n) is 14.5. The Balaban J connectivity index is 1.65. The first kappa shape index (κ1) is 17.1. The van der Waals surface area contributed by atoms with Gasteiger partial charge < -0.3 is 10.1 Å². The molecule has 2 aromatic carbocycles. The van der Waals surface area contributed by atoms with Crippen molar-refractivity contribution >= 4 is 39.7 Å². The fraction of sp³-hybridized carbons (Fsp3) is 0.300. The number of rotatable bonds is 4. The van der Waals surface area contributed by atoms with Gasteiger partial charge in [0.2, 0.25) is 0 Å². The highest BCUT2D eigenvalue weighted by molar-refractivity contribution is 6.34. The first-order valence-electron chi connectivity index (χ1n) is 8.78. The highest BCUT2D eigenvalue weighted by atomic mass is 35.5. The third-order valence-corrected chi connectivity index (χ3v) is 4.99. The summed E-state index contributed by atoms with van der Waals surface area (Å²) in [6.45, 7) is 2.29. The molecule has 1 N–H and O–H groups in total. The molecule has 1 aliphatic rings. The van der Waals surface area contributed by atoms with Crippen LogP contribution in [0.3, 0.4) is 0 Å². The van der Waals surface area contributed by atoms with Crippen molar-refractivity contribution < 1.29 is 9.53 Å². The van der Waals surface area contributed by atoms with E-state index in [1.807, 2.05) is 29.1 Å². The van der Waals surface area contributed by atoms with E-state index in [0.29, 0.717) is 10.6 Å². The van der Waals surface area contributed by atoms with Crippen LogP contribution >= 0.6 is 11.6 Å². The van der Waals surface area contributed by atoms with E-state index in [0.717, 1.165) is 48.1 Å². The van der Waals surface area contributed by atoms with Gasteiger partial charge in [0.25, 0.3) is 0 Å². The molecule has 1 atom stereocenters. The molecule has 1 unspecified atom stereocenters. The minimum Gasteiger partial charge on any atom is -0.356 e. The van der Waals surface area contributed by atoms with E-state index < -0.39 is 0 Å². The van der Waals surface area contributed by atoms with E-state index in [2.05, 4.69) is 16.5 Å². The molecular weight excluding hydrogens is 350 g/mol. The van der Waals surface area contributed by atoms with Crippen LogP contribution in [0.2, 0.25) is 5.02 Å². The lowest BCUT2D eigenvalue weighted by Crippen LogP contribution is -2.18. The number of ether oxygens (including phenoxy) is 1. The first-order chi connectivity index (χ1) is 12.6. The Morgan fingerprint density at radius 1 is 1.23 bits per heavy atom. The number of Topliss-reactive ketones (excluding diaryl/α,β-unsaturated/α-hetero) is 1. The smallest absolute Gasteiger partial charge is 0.161 e. The number of ketones is 1. The van der Waals surface area contributed by atoms with Crippen molar-refractivity contribution in [3.8, 4) is 0 Å². The van der Waals surface area contributed by atoms with E-state index in [1.165, 1.54) is 6.92 Å². The largest absolute Gasteiger partial charge is 0.356 e. The fourth-order valence-corrected chi connectivity index (χ4v) is 3.55. The average molecular weight is 370 g/mol. The van der Waals surface area contributed by atoms with Crippen molar-refractivity contribution in [3.05, 3.63) is 53.2 Å². The van der Waals surface area contributed by atoms with Gasteiger partial charge in [-0.1, -0.05) is 11.6 Å². The summed E-state index contributed by atoms with van der Waals surface area (Å²) in [5.74, 6) is -0.0541. The van der Waals surface area contributed by atoms with Crippen molar-refractivity contribution in [2.45, 2.75) is 32.4 Å². The number of carbonyl (C=O) groups is 1. The molecule has 0 bridgehead atoms. The fourth-order valence-electron chi connectivity index (χ4n) is 3.30. The molecule has 1 aliphatic heterocycles. The average Bonchev–Trinajstić information content (AvgIpc) is 3.07. The number of aromatic nitrogens is 2. The number of hydrogen-bond donors (Lipinski definition) is 1. The molecular formula is C20H20ClN3O2. The third kappa shape index (κ3) is 3.32. The number of nitrogens with zero attached hydrogens (tertiary/aromatic N) is 2. The van der Waals surface area contributed by atoms with Gasteiger partial charge in [0, 0.05) is 28.9 Å². The molecule has 2 heterocycles. The van der Waals surface area contributed by atoms with Crippen molar-refractivity contribution in [1.29, 1.82) is 0 Å². The molecule has 26 heavy (non-hydrogen) atoms. The third-order valence-electron chi connectivity index (χ3n) is 4.66. The summed E-state index contributed by atoms with van der Waals surface area (Å²) < 4.78 is 7.83. The molecule has 1 aromatic heterocycles. The van der Waals surface area contributed by atoms with Gasteiger partial charge in [-0.3, -0.25) is 4.79 Å². The highest BCUT2D eigenvalue weighted by Crippen LogP contribution is 2.29.